The number of nitrogens with one attached hydrogen (secondary N) is 3. The van der Waals surface area contributed by atoms with Crippen LogP contribution in [-0.4, -0.2) is 36.2 Å². The van der Waals surface area contributed by atoms with Crippen LogP contribution in [0.4, 0.5) is 10.1 Å². The van der Waals surface area contributed by atoms with Gasteiger partial charge in [0.15, 0.2) is 5.82 Å². The fourth-order valence-corrected chi connectivity index (χ4v) is 5.62. The van der Waals surface area contributed by atoms with Gasteiger partial charge in [-0.2, -0.15) is 5.26 Å². The number of amides is 1. The number of carbonyl (C=O) groups excluding carboxylic acids is 1. The van der Waals surface area contributed by atoms with Crippen LogP contribution in [0.5, 0.6) is 0 Å². The number of benzene rings is 1. The first-order chi connectivity index (χ1) is 18.3. The molecule has 2 fully saturated rings. The Hall–Kier alpha value is -4.10. The first-order valence-electron chi connectivity index (χ1n) is 12.9. The molecule has 0 unspecified atom stereocenters. The summed E-state index contributed by atoms with van der Waals surface area (Å²) in [7, 11) is 1.92. The van der Waals surface area contributed by atoms with Gasteiger partial charge in [-0.3, -0.25) is 4.79 Å². The quantitative estimate of drug-likeness (QED) is 0.323. The maximum atomic E-state index is 14.5. The van der Waals surface area contributed by atoms with Crippen LogP contribution in [0.15, 0.2) is 42.9 Å². The number of carbonyl (C=O) groups is 1. The van der Waals surface area contributed by atoms with E-state index in [4.69, 9.17) is 0 Å². The second-order valence-corrected chi connectivity index (χ2v) is 11.0. The van der Waals surface area contributed by atoms with Gasteiger partial charge in [0.2, 0.25) is 0 Å². The number of nitrogens with zero attached hydrogens (tertiary/aromatic N) is 5. The molecular formula is C28H29FN8O. The highest BCUT2D eigenvalue weighted by molar-refractivity contribution is 6.04. The molecule has 1 amide bonds. The van der Waals surface area contributed by atoms with Gasteiger partial charge in [0.05, 0.1) is 17.0 Å². The molecule has 3 heterocycles. The monoisotopic (exact) mass is 512 g/mol. The van der Waals surface area contributed by atoms with E-state index in [0.717, 1.165) is 42.6 Å². The molecule has 2 saturated carbocycles. The summed E-state index contributed by atoms with van der Waals surface area (Å²) in [4.78, 5) is 20.6. The molecule has 4 aromatic rings. The standard InChI is InChI=1S/C28H29FN8O/c1-27(7-8-27)32-14-18-10-22(35-24-21(29)15-31-23(18)24)25(38)34-20-5-3-4-19(11-20)28(12-17(13-28)6-9-30)26-36-33-16-37(26)2/h3-5,10-11,15-17,31-32H,6-8,12-14H2,1-2H3,(H,34,38). The maximum absolute atomic E-state index is 14.5. The number of halogens is 1. The van der Waals surface area contributed by atoms with Crippen LogP contribution in [0.2, 0.25) is 0 Å². The van der Waals surface area contributed by atoms with E-state index in [1.165, 1.54) is 6.20 Å². The fraction of sp³-hybridized carbons (Fsp3) is 0.393. The summed E-state index contributed by atoms with van der Waals surface area (Å²) >= 11 is 0. The maximum Gasteiger partial charge on any atom is 0.274 e. The van der Waals surface area contributed by atoms with Gasteiger partial charge < -0.3 is 20.2 Å². The first kappa shape index (κ1) is 24.2. The lowest BCUT2D eigenvalue weighted by atomic mass is 9.57. The summed E-state index contributed by atoms with van der Waals surface area (Å²) in [6.07, 6.45) is 7.20. The van der Waals surface area contributed by atoms with Crippen LogP contribution in [0.3, 0.4) is 0 Å². The Kier molecular flexibility index (Phi) is 5.76. The number of rotatable bonds is 8. The number of pyridine rings is 1. The van der Waals surface area contributed by atoms with Gasteiger partial charge in [0.25, 0.3) is 5.91 Å². The molecule has 0 saturated heterocycles. The second kappa shape index (κ2) is 9.03. The molecule has 0 aliphatic heterocycles. The van der Waals surface area contributed by atoms with E-state index in [2.05, 4.69) is 43.8 Å². The molecule has 0 spiro atoms. The Morgan fingerprint density at radius 3 is 2.84 bits per heavy atom. The lowest BCUT2D eigenvalue weighted by molar-refractivity contribution is 0.102. The van der Waals surface area contributed by atoms with Crippen molar-refractivity contribution < 1.29 is 9.18 Å². The summed E-state index contributed by atoms with van der Waals surface area (Å²) < 4.78 is 16.4. The van der Waals surface area contributed by atoms with Gasteiger partial charge in [-0.05, 0) is 67.9 Å². The molecule has 2 aliphatic rings. The van der Waals surface area contributed by atoms with Gasteiger partial charge in [-0.1, -0.05) is 12.1 Å². The third kappa shape index (κ3) is 4.23. The lowest BCUT2D eigenvalue weighted by Crippen LogP contribution is -2.44. The van der Waals surface area contributed by atoms with Gasteiger partial charge in [0, 0.05) is 37.4 Å². The molecule has 3 N–H and O–H groups in total. The number of aromatic nitrogens is 5. The average molecular weight is 513 g/mol. The molecular weight excluding hydrogens is 483 g/mol. The molecule has 0 radical (unpaired) electrons. The minimum Gasteiger partial charge on any atom is -0.357 e. The van der Waals surface area contributed by atoms with E-state index in [9.17, 15) is 14.4 Å². The Morgan fingerprint density at radius 1 is 1.32 bits per heavy atom. The molecule has 2 aliphatic carbocycles. The lowest BCUT2D eigenvalue weighted by Gasteiger charge is -2.46. The van der Waals surface area contributed by atoms with E-state index in [1.54, 1.807) is 12.4 Å². The topological polar surface area (TPSA) is 124 Å². The summed E-state index contributed by atoms with van der Waals surface area (Å²) in [5.74, 6) is 0.226. The summed E-state index contributed by atoms with van der Waals surface area (Å²) in [5.41, 5.74) is 3.03. The van der Waals surface area contributed by atoms with E-state index >= 15 is 0 Å². The highest BCUT2D eigenvalue weighted by Gasteiger charge is 2.49. The van der Waals surface area contributed by atoms with Crippen molar-refractivity contribution in [3.05, 3.63) is 71.3 Å². The van der Waals surface area contributed by atoms with E-state index < -0.39 is 11.7 Å². The van der Waals surface area contributed by atoms with Crippen molar-refractivity contribution in [3.8, 4) is 6.07 Å². The number of aromatic amines is 1. The molecule has 6 rings (SSSR count). The van der Waals surface area contributed by atoms with Crippen molar-refractivity contribution in [2.24, 2.45) is 13.0 Å². The Bertz CT molecular complexity index is 1570. The van der Waals surface area contributed by atoms with E-state index in [-0.39, 0.29) is 28.1 Å². The number of anilines is 1. The van der Waals surface area contributed by atoms with E-state index in [1.807, 2.05) is 35.9 Å². The normalized spacial score (nSPS) is 21.6. The number of hydrogen-bond acceptors (Lipinski definition) is 6. The van der Waals surface area contributed by atoms with Crippen LogP contribution in [0.1, 0.15) is 66.5 Å². The average Bonchev–Trinajstić information content (AvgIpc) is 3.27. The highest BCUT2D eigenvalue weighted by atomic mass is 19.1. The molecule has 0 atom stereocenters. The largest absolute Gasteiger partial charge is 0.357 e. The smallest absolute Gasteiger partial charge is 0.274 e. The number of fused-ring (bicyclic) bond motifs is 1. The van der Waals surface area contributed by atoms with Crippen molar-refractivity contribution in [3.63, 3.8) is 0 Å². The van der Waals surface area contributed by atoms with E-state index in [0.29, 0.717) is 24.2 Å². The van der Waals surface area contributed by atoms with Crippen LogP contribution < -0.4 is 10.6 Å². The third-order valence-electron chi connectivity index (χ3n) is 8.08. The Morgan fingerprint density at radius 2 is 2.13 bits per heavy atom. The predicted molar refractivity (Wildman–Crippen MR) is 140 cm³/mol. The summed E-state index contributed by atoms with van der Waals surface area (Å²) in [6.45, 7) is 2.66. The van der Waals surface area contributed by atoms with Crippen molar-refractivity contribution >= 4 is 22.6 Å². The van der Waals surface area contributed by atoms with Crippen molar-refractivity contribution in [1.82, 2.24) is 30.0 Å². The SMILES string of the molecule is Cn1cnnc1C1(c2cccc(NC(=O)c3cc(CNC4(C)CC4)c4[nH]cc(F)c4n3)c2)CC(CC#N)C1. The van der Waals surface area contributed by atoms with Crippen molar-refractivity contribution in [2.75, 3.05) is 5.32 Å². The molecule has 1 aromatic carbocycles. The van der Waals surface area contributed by atoms with Crippen LogP contribution in [0, 0.1) is 23.1 Å². The number of hydrogen-bond donors (Lipinski definition) is 3. The predicted octanol–water partition coefficient (Wildman–Crippen LogP) is 4.33. The van der Waals surface area contributed by atoms with Crippen molar-refractivity contribution in [1.29, 1.82) is 5.26 Å². The Labute approximate surface area is 219 Å². The van der Waals surface area contributed by atoms with Crippen LogP contribution in [0.25, 0.3) is 11.0 Å². The van der Waals surface area contributed by atoms with Gasteiger partial charge in [-0.25, -0.2) is 9.37 Å². The highest BCUT2D eigenvalue weighted by Crippen LogP contribution is 2.53. The van der Waals surface area contributed by atoms with Gasteiger partial charge in [-0.15, -0.1) is 10.2 Å². The van der Waals surface area contributed by atoms with Crippen LogP contribution in [-0.2, 0) is 19.0 Å². The van der Waals surface area contributed by atoms with Gasteiger partial charge >= 0.3 is 0 Å². The third-order valence-corrected chi connectivity index (χ3v) is 8.08. The summed E-state index contributed by atoms with van der Waals surface area (Å²) in [6, 6.07) is 11.7. The molecule has 9 nitrogen and oxygen atoms in total. The molecule has 10 heteroatoms. The fourth-order valence-electron chi connectivity index (χ4n) is 5.62. The zero-order valence-electron chi connectivity index (χ0n) is 21.4. The molecule has 194 valence electrons. The van der Waals surface area contributed by atoms with Crippen molar-refractivity contribution in [2.45, 2.75) is 56.5 Å². The number of aryl methyl sites for hydroxylation is 1. The summed E-state index contributed by atoms with van der Waals surface area (Å²) in [5, 5.41) is 24.1. The second-order valence-electron chi connectivity index (χ2n) is 11.0. The Balaban J connectivity index is 1.28. The molecule has 0 bridgehead atoms. The van der Waals surface area contributed by atoms with Crippen LogP contribution >= 0.6 is 0 Å². The van der Waals surface area contributed by atoms with Gasteiger partial charge in [0.1, 0.15) is 23.4 Å². The first-order valence-corrected chi connectivity index (χ1v) is 12.9. The number of nitriles is 1. The zero-order valence-corrected chi connectivity index (χ0v) is 21.4. The minimum absolute atomic E-state index is 0.0933. The zero-order chi connectivity index (χ0) is 26.5. The molecule has 38 heavy (non-hydrogen) atoms. The minimum atomic E-state index is -0.488. The molecule has 3 aromatic heterocycles. The number of H-pyrrole nitrogens is 1.